The molecule has 0 unspecified atom stereocenters. The number of hydrogen-bond acceptors (Lipinski definition) is 2. The van der Waals surface area contributed by atoms with Crippen LogP contribution in [0.3, 0.4) is 0 Å². The van der Waals surface area contributed by atoms with E-state index in [1.807, 2.05) is 48.5 Å². The van der Waals surface area contributed by atoms with E-state index in [-0.39, 0.29) is 12.6 Å². The molecule has 2 aromatic carbocycles. The predicted octanol–water partition coefficient (Wildman–Crippen LogP) is 2.12. The summed E-state index contributed by atoms with van der Waals surface area (Å²) in [6.07, 6.45) is 1.74. The maximum atomic E-state index is 12.6. The van der Waals surface area contributed by atoms with Crippen LogP contribution >= 0.6 is 0 Å². The molecule has 2 aromatic rings. The average Bonchev–Trinajstić information content (AvgIpc) is 2.69. The number of amides is 3. The SMILES string of the molecule is NC(=O)CNC(=O)N1c2ccccc2CCc2ccccc21. The summed E-state index contributed by atoms with van der Waals surface area (Å²) in [7, 11) is 0. The van der Waals surface area contributed by atoms with Gasteiger partial charge in [-0.15, -0.1) is 0 Å². The van der Waals surface area contributed by atoms with E-state index in [0.29, 0.717) is 0 Å². The van der Waals surface area contributed by atoms with Gasteiger partial charge in [-0.3, -0.25) is 9.69 Å². The molecule has 0 saturated carbocycles. The fourth-order valence-electron chi connectivity index (χ4n) is 2.74. The molecule has 0 bridgehead atoms. The molecule has 0 aliphatic carbocycles. The van der Waals surface area contributed by atoms with Crippen LogP contribution in [0.4, 0.5) is 16.2 Å². The maximum absolute atomic E-state index is 12.6. The summed E-state index contributed by atoms with van der Waals surface area (Å²) < 4.78 is 0. The zero-order valence-corrected chi connectivity index (χ0v) is 12.1. The fraction of sp³-hybridized carbons (Fsp3) is 0.176. The normalized spacial score (nSPS) is 12.8. The first-order chi connectivity index (χ1) is 10.7. The molecule has 5 nitrogen and oxygen atoms in total. The Hall–Kier alpha value is -2.82. The van der Waals surface area contributed by atoms with Crippen molar-refractivity contribution in [1.82, 2.24) is 5.32 Å². The van der Waals surface area contributed by atoms with Crippen LogP contribution in [0.2, 0.25) is 0 Å². The van der Waals surface area contributed by atoms with Gasteiger partial charge in [0.15, 0.2) is 0 Å². The summed E-state index contributed by atoms with van der Waals surface area (Å²) in [5.41, 5.74) is 9.01. The molecular formula is C17H17N3O2. The second-order valence-electron chi connectivity index (χ2n) is 5.22. The standard InChI is InChI=1S/C17H17N3O2/c18-16(21)11-19-17(22)20-14-7-3-1-5-12(14)9-10-13-6-2-4-8-15(13)20/h1-8H,9-11H2,(H2,18,21)(H,19,22). The molecule has 0 atom stereocenters. The number of benzene rings is 2. The van der Waals surface area contributed by atoms with Gasteiger partial charge in [0.05, 0.1) is 17.9 Å². The third-order valence-electron chi connectivity index (χ3n) is 3.75. The van der Waals surface area contributed by atoms with E-state index in [1.165, 1.54) is 0 Å². The number of carbonyl (C=O) groups excluding carboxylic acids is 2. The minimum absolute atomic E-state index is 0.181. The lowest BCUT2D eigenvalue weighted by molar-refractivity contribution is -0.117. The van der Waals surface area contributed by atoms with E-state index >= 15 is 0 Å². The number of nitrogens with zero attached hydrogens (tertiary/aromatic N) is 1. The van der Waals surface area contributed by atoms with E-state index < -0.39 is 5.91 Å². The van der Waals surface area contributed by atoms with Gasteiger partial charge in [-0.25, -0.2) is 4.79 Å². The van der Waals surface area contributed by atoms with Crippen molar-refractivity contribution in [3.8, 4) is 0 Å². The lowest BCUT2D eigenvalue weighted by Gasteiger charge is -2.24. The summed E-state index contributed by atoms with van der Waals surface area (Å²) in [5, 5.41) is 2.57. The number of hydrogen-bond donors (Lipinski definition) is 2. The smallest absolute Gasteiger partial charge is 0.326 e. The predicted molar refractivity (Wildman–Crippen MR) is 85.0 cm³/mol. The first kappa shape index (κ1) is 14.1. The van der Waals surface area contributed by atoms with Crippen molar-refractivity contribution in [2.45, 2.75) is 12.8 Å². The Morgan fingerprint density at radius 3 is 1.95 bits per heavy atom. The minimum Gasteiger partial charge on any atom is -0.368 e. The number of carbonyl (C=O) groups is 2. The Morgan fingerprint density at radius 1 is 0.955 bits per heavy atom. The Morgan fingerprint density at radius 2 is 1.45 bits per heavy atom. The number of para-hydroxylation sites is 2. The van der Waals surface area contributed by atoms with Crippen molar-refractivity contribution >= 4 is 23.3 Å². The lowest BCUT2D eigenvalue weighted by Crippen LogP contribution is -2.41. The van der Waals surface area contributed by atoms with Crippen molar-refractivity contribution in [3.05, 3.63) is 59.7 Å². The number of primary amides is 1. The van der Waals surface area contributed by atoms with Crippen LogP contribution in [0.25, 0.3) is 0 Å². The van der Waals surface area contributed by atoms with Gasteiger partial charge in [-0.05, 0) is 36.1 Å². The third kappa shape index (κ3) is 2.65. The number of anilines is 2. The first-order valence-corrected chi connectivity index (χ1v) is 7.19. The van der Waals surface area contributed by atoms with Crippen LogP contribution in [0.5, 0.6) is 0 Å². The third-order valence-corrected chi connectivity index (χ3v) is 3.75. The Balaban J connectivity index is 2.06. The molecule has 1 heterocycles. The highest BCUT2D eigenvalue weighted by molar-refractivity contribution is 6.02. The Kier molecular flexibility index (Phi) is 3.78. The van der Waals surface area contributed by atoms with Crippen LogP contribution in [-0.4, -0.2) is 18.5 Å². The van der Waals surface area contributed by atoms with Crippen molar-refractivity contribution in [3.63, 3.8) is 0 Å². The second-order valence-corrected chi connectivity index (χ2v) is 5.22. The highest BCUT2D eigenvalue weighted by Crippen LogP contribution is 2.35. The topological polar surface area (TPSA) is 75.4 Å². The van der Waals surface area contributed by atoms with Crippen LogP contribution in [0, 0.1) is 0 Å². The molecule has 1 aliphatic rings. The van der Waals surface area contributed by atoms with Crippen LogP contribution in [-0.2, 0) is 17.6 Å². The molecule has 3 rings (SSSR count). The minimum atomic E-state index is -0.565. The number of aryl methyl sites for hydroxylation is 2. The molecule has 0 aromatic heterocycles. The largest absolute Gasteiger partial charge is 0.368 e. The summed E-state index contributed by atoms with van der Waals surface area (Å²) in [6, 6.07) is 15.3. The number of nitrogens with two attached hydrogens (primary N) is 1. The van der Waals surface area contributed by atoms with E-state index in [9.17, 15) is 9.59 Å². The number of nitrogens with one attached hydrogen (secondary N) is 1. The molecule has 0 radical (unpaired) electrons. The van der Waals surface area contributed by atoms with E-state index in [4.69, 9.17) is 5.73 Å². The molecule has 0 spiro atoms. The number of rotatable bonds is 2. The van der Waals surface area contributed by atoms with E-state index in [1.54, 1.807) is 4.90 Å². The van der Waals surface area contributed by atoms with Gasteiger partial charge in [0.25, 0.3) is 0 Å². The van der Waals surface area contributed by atoms with Crippen LogP contribution in [0.15, 0.2) is 48.5 Å². The molecule has 22 heavy (non-hydrogen) atoms. The summed E-state index contributed by atoms with van der Waals surface area (Å²) in [6.45, 7) is -0.181. The maximum Gasteiger partial charge on any atom is 0.326 e. The van der Waals surface area contributed by atoms with Crippen LogP contribution < -0.4 is 16.0 Å². The van der Waals surface area contributed by atoms with Gasteiger partial charge in [0.2, 0.25) is 5.91 Å². The highest BCUT2D eigenvalue weighted by Gasteiger charge is 2.25. The summed E-state index contributed by atoms with van der Waals surface area (Å²) in [4.78, 5) is 25.1. The first-order valence-electron chi connectivity index (χ1n) is 7.19. The van der Waals surface area contributed by atoms with E-state index in [0.717, 1.165) is 35.3 Å². The van der Waals surface area contributed by atoms with Gasteiger partial charge in [-0.2, -0.15) is 0 Å². The zero-order chi connectivity index (χ0) is 15.5. The quantitative estimate of drug-likeness (QED) is 0.890. The van der Waals surface area contributed by atoms with Gasteiger partial charge < -0.3 is 11.1 Å². The molecule has 3 amide bonds. The monoisotopic (exact) mass is 295 g/mol. The average molecular weight is 295 g/mol. The lowest BCUT2D eigenvalue weighted by atomic mass is 10.0. The summed E-state index contributed by atoms with van der Waals surface area (Å²) >= 11 is 0. The van der Waals surface area contributed by atoms with Gasteiger partial charge in [0, 0.05) is 0 Å². The van der Waals surface area contributed by atoms with Crippen molar-refractivity contribution < 1.29 is 9.59 Å². The molecule has 1 aliphatic heterocycles. The number of fused-ring (bicyclic) bond motifs is 2. The van der Waals surface area contributed by atoms with E-state index in [2.05, 4.69) is 5.32 Å². The molecule has 0 saturated heterocycles. The van der Waals surface area contributed by atoms with Crippen molar-refractivity contribution in [2.24, 2.45) is 5.73 Å². The fourth-order valence-corrected chi connectivity index (χ4v) is 2.74. The van der Waals surface area contributed by atoms with Crippen molar-refractivity contribution in [1.29, 1.82) is 0 Å². The van der Waals surface area contributed by atoms with Crippen LogP contribution in [0.1, 0.15) is 11.1 Å². The Bertz CT molecular complexity index is 680. The van der Waals surface area contributed by atoms with Crippen molar-refractivity contribution in [2.75, 3.05) is 11.4 Å². The van der Waals surface area contributed by atoms with Gasteiger partial charge in [-0.1, -0.05) is 36.4 Å². The zero-order valence-electron chi connectivity index (χ0n) is 12.1. The summed E-state index contributed by atoms with van der Waals surface area (Å²) in [5.74, 6) is -0.565. The Labute approximate surface area is 128 Å². The van der Waals surface area contributed by atoms with Gasteiger partial charge >= 0.3 is 6.03 Å². The van der Waals surface area contributed by atoms with Gasteiger partial charge in [0.1, 0.15) is 0 Å². The second kappa shape index (κ2) is 5.89. The highest BCUT2D eigenvalue weighted by atomic mass is 16.2. The number of urea groups is 1. The molecule has 3 N–H and O–H groups in total. The molecule has 5 heteroatoms. The molecule has 112 valence electrons. The molecular weight excluding hydrogens is 278 g/mol. The molecule has 0 fully saturated rings.